The molecule has 1 spiro atoms. The van der Waals surface area contributed by atoms with Gasteiger partial charge in [0, 0.05) is 31.6 Å². The van der Waals surface area contributed by atoms with Crippen molar-refractivity contribution in [3.63, 3.8) is 0 Å². The Morgan fingerprint density at radius 1 is 1.27 bits per heavy atom. The van der Waals surface area contributed by atoms with E-state index in [2.05, 4.69) is 21.2 Å². The molecule has 1 aromatic heterocycles. The highest BCUT2D eigenvalue weighted by atomic mass is 79.9. The number of halogens is 3. The molecule has 0 atom stereocenters. The minimum absolute atomic E-state index is 0. The number of hydrogen-bond acceptors (Lipinski definition) is 3. The first-order valence-electron chi connectivity index (χ1n) is 7.93. The fourth-order valence-corrected chi connectivity index (χ4v) is 3.75. The highest BCUT2D eigenvalue weighted by Crippen LogP contribution is 2.41. The van der Waals surface area contributed by atoms with E-state index in [0.717, 1.165) is 9.50 Å². The molecule has 1 saturated heterocycles. The lowest BCUT2D eigenvalue weighted by atomic mass is 9.80. The van der Waals surface area contributed by atoms with Gasteiger partial charge in [-0.1, -0.05) is 7.43 Å². The number of rotatable bonds is 3. The van der Waals surface area contributed by atoms with E-state index in [-0.39, 0.29) is 26.1 Å². The summed E-state index contributed by atoms with van der Waals surface area (Å²) in [6.45, 7) is 1.36. The Morgan fingerprint density at radius 3 is 2.35 bits per heavy atom. The first kappa shape index (κ1) is 20.5. The summed E-state index contributed by atoms with van der Waals surface area (Å²) in [5.74, 6) is -3.78. The summed E-state index contributed by atoms with van der Waals surface area (Å²) in [4.78, 5) is 38.2. The van der Waals surface area contributed by atoms with Gasteiger partial charge in [-0.25, -0.2) is 13.6 Å². The Balaban J connectivity index is 0.00000243. The zero-order valence-corrected chi connectivity index (χ0v) is 15.5. The average molecular weight is 434 g/mol. The first-order valence-corrected chi connectivity index (χ1v) is 8.72. The van der Waals surface area contributed by atoms with Crippen LogP contribution in [-0.2, 0) is 11.8 Å². The Kier molecular flexibility index (Phi) is 5.34. The fourth-order valence-electron chi connectivity index (χ4n) is 3.43. The van der Waals surface area contributed by atoms with Crippen molar-refractivity contribution in [1.82, 2.24) is 14.8 Å². The van der Waals surface area contributed by atoms with Crippen LogP contribution in [0.15, 0.2) is 10.8 Å². The van der Waals surface area contributed by atoms with Crippen molar-refractivity contribution in [3.05, 3.63) is 21.9 Å². The van der Waals surface area contributed by atoms with Crippen LogP contribution in [0.2, 0.25) is 0 Å². The molecular weight excluding hydrogens is 412 g/mol. The first-order chi connectivity index (χ1) is 11.6. The number of hydrogen-bond donors (Lipinski definition) is 1. The van der Waals surface area contributed by atoms with Gasteiger partial charge in [0.05, 0.1) is 11.1 Å². The average Bonchev–Trinajstić information content (AvgIpc) is 2.93. The summed E-state index contributed by atoms with van der Waals surface area (Å²) >= 11 is 3.35. The van der Waals surface area contributed by atoms with Crippen LogP contribution in [0.3, 0.4) is 0 Å². The van der Waals surface area contributed by atoms with Gasteiger partial charge in [-0.2, -0.15) is 0 Å². The summed E-state index contributed by atoms with van der Waals surface area (Å²) in [7, 11) is 1.76. The summed E-state index contributed by atoms with van der Waals surface area (Å²) in [6.07, 6.45) is 0.477. The Labute approximate surface area is 159 Å². The number of amides is 3. The molecule has 0 radical (unpaired) electrons. The quantitative estimate of drug-likeness (QED) is 0.586. The molecule has 1 aromatic rings. The molecule has 2 aliphatic rings. The van der Waals surface area contributed by atoms with Crippen LogP contribution in [0.5, 0.6) is 0 Å². The van der Waals surface area contributed by atoms with Gasteiger partial charge in [0.25, 0.3) is 5.91 Å². The second-order valence-corrected chi connectivity index (χ2v) is 7.50. The molecule has 2 heterocycles. The van der Waals surface area contributed by atoms with Gasteiger partial charge < -0.3 is 9.88 Å². The molecule has 0 aromatic carbocycles. The third-order valence-electron chi connectivity index (χ3n) is 5.03. The van der Waals surface area contributed by atoms with Gasteiger partial charge >= 0.3 is 6.03 Å². The summed E-state index contributed by atoms with van der Waals surface area (Å²) < 4.78 is 29.2. The second-order valence-electron chi connectivity index (χ2n) is 6.75. The van der Waals surface area contributed by atoms with E-state index in [1.165, 1.54) is 0 Å². The lowest BCUT2D eigenvalue weighted by molar-refractivity contribution is -0.135. The number of carbonyl (C=O) groups is 3. The molecule has 3 amide bonds. The van der Waals surface area contributed by atoms with Gasteiger partial charge in [-0.05, 0) is 41.3 Å². The number of alkyl halides is 2. The summed E-state index contributed by atoms with van der Waals surface area (Å²) in [6, 6.07) is -0.698. The van der Waals surface area contributed by atoms with E-state index in [1.54, 1.807) is 24.7 Å². The predicted octanol–water partition coefficient (Wildman–Crippen LogP) is 3.41. The van der Waals surface area contributed by atoms with Gasteiger partial charge in [-0.15, -0.1) is 0 Å². The maximum atomic E-state index is 13.4. The molecule has 1 aliphatic carbocycles. The number of imide groups is 1. The maximum absolute atomic E-state index is 13.4. The Bertz CT molecular complexity index is 766. The van der Waals surface area contributed by atoms with Crippen LogP contribution < -0.4 is 5.32 Å². The molecule has 9 heteroatoms. The Morgan fingerprint density at radius 2 is 1.85 bits per heavy atom. The highest BCUT2D eigenvalue weighted by molar-refractivity contribution is 9.10. The van der Waals surface area contributed by atoms with Crippen LogP contribution in [0.25, 0.3) is 0 Å². The molecule has 0 unspecified atom stereocenters. The van der Waals surface area contributed by atoms with Crippen molar-refractivity contribution in [2.24, 2.45) is 7.05 Å². The summed E-state index contributed by atoms with van der Waals surface area (Å²) in [5.41, 5.74) is -0.177. The molecule has 0 bridgehead atoms. The highest BCUT2D eigenvalue weighted by Gasteiger charge is 2.55. The number of urea groups is 1. The van der Waals surface area contributed by atoms with E-state index < -0.39 is 42.8 Å². The molecule has 3 rings (SSSR count). The van der Waals surface area contributed by atoms with E-state index >= 15 is 0 Å². The van der Waals surface area contributed by atoms with Crippen LogP contribution in [-0.4, -0.2) is 45.2 Å². The van der Waals surface area contributed by atoms with Crippen molar-refractivity contribution in [3.8, 4) is 0 Å². The maximum Gasteiger partial charge on any atom is 0.325 e. The molecule has 1 aliphatic heterocycles. The van der Waals surface area contributed by atoms with Crippen LogP contribution in [0, 0.1) is 6.92 Å². The molecule has 1 N–H and O–H groups in total. The zero-order chi connectivity index (χ0) is 18.6. The van der Waals surface area contributed by atoms with Crippen molar-refractivity contribution >= 4 is 33.7 Å². The van der Waals surface area contributed by atoms with Gasteiger partial charge in [0.1, 0.15) is 5.54 Å². The number of nitrogens with zero attached hydrogens (tertiary/aromatic N) is 2. The van der Waals surface area contributed by atoms with Gasteiger partial charge in [0.15, 0.2) is 5.78 Å². The van der Waals surface area contributed by atoms with Crippen LogP contribution in [0.4, 0.5) is 13.6 Å². The normalized spacial score (nSPS) is 20.9. The lowest BCUT2D eigenvalue weighted by Crippen LogP contribution is -2.51. The number of aryl methyl sites for hydroxylation is 1. The Hall–Kier alpha value is -1.77. The van der Waals surface area contributed by atoms with E-state index in [4.69, 9.17) is 0 Å². The number of Topliss-reactive ketones (excluding diaryl/α,β-unsaturated/α-hetero) is 1. The minimum Gasteiger partial charge on any atom is -0.344 e. The fraction of sp³-hybridized carbons (Fsp3) is 0.588. The van der Waals surface area contributed by atoms with Crippen molar-refractivity contribution in [2.45, 2.75) is 51.5 Å². The third kappa shape index (κ3) is 3.28. The zero-order valence-electron chi connectivity index (χ0n) is 13.9. The van der Waals surface area contributed by atoms with E-state index in [0.29, 0.717) is 11.1 Å². The van der Waals surface area contributed by atoms with Crippen LogP contribution >= 0.6 is 15.9 Å². The molecule has 6 nitrogen and oxygen atoms in total. The van der Waals surface area contributed by atoms with E-state index in [1.807, 2.05) is 0 Å². The van der Waals surface area contributed by atoms with Crippen LogP contribution in [0.1, 0.15) is 49.0 Å². The predicted molar refractivity (Wildman–Crippen MR) is 95.3 cm³/mol. The molecule has 2 fully saturated rings. The number of ketones is 1. The van der Waals surface area contributed by atoms with Gasteiger partial charge in [0.2, 0.25) is 5.92 Å². The van der Waals surface area contributed by atoms with Crippen molar-refractivity contribution < 1.29 is 23.2 Å². The smallest absolute Gasteiger partial charge is 0.325 e. The standard InChI is InChI=1S/C16H18BrF2N3O3.CH4/c1-9-10(7-21(2)12(9)17)11(23)8-22-13(24)15(20-14(22)25)3-5-16(18,19)6-4-15;/h7H,3-6,8H2,1-2H3,(H,20,25);1H4. The second kappa shape index (κ2) is 6.75. The number of nitrogens with one attached hydrogen (secondary N) is 1. The largest absolute Gasteiger partial charge is 0.344 e. The number of aromatic nitrogens is 1. The topological polar surface area (TPSA) is 71.4 Å². The van der Waals surface area contributed by atoms with Crippen molar-refractivity contribution in [1.29, 1.82) is 0 Å². The van der Waals surface area contributed by atoms with Gasteiger partial charge in [-0.3, -0.25) is 14.5 Å². The molecule has 26 heavy (non-hydrogen) atoms. The minimum atomic E-state index is -2.81. The number of carbonyl (C=O) groups excluding carboxylic acids is 3. The van der Waals surface area contributed by atoms with Crippen molar-refractivity contribution in [2.75, 3.05) is 6.54 Å². The molecular formula is C17H22BrF2N3O3. The monoisotopic (exact) mass is 433 g/mol. The third-order valence-corrected chi connectivity index (χ3v) is 6.18. The SMILES string of the molecule is C.Cc1c(C(=O)CN2C(=O)NC3(CCC(F)(F)CC3)C2=O)cn(C)c1Br. The lowest BCUT2D eigenvalue weighted by Gasteiger charge is -2.34. The molecule has 1 saturated carbocycles. The molecule has 144 valence electrons. The van der Waals surface area contributed by atoms with E-state index in [9.17, 15) is 23.2 Å². The summed E-state index contributed by atoms with van der Waals surface area (Å²) in [5, 5.41) is 2.53.